The van der Waals surface area contributed by atoms with Crippen LogP contribution < -0.4 is 9.47 Å². The number of aromatic amines is 2. The Morgan fingerprint density at radius 2 is 1.62 bits per heavy atom. The number of nitrogens with one attached hydrogen (secondary N) is 2. The lowest BCUT2D eigenvalue weighted by molar-refractivity contribution is 0.260. The van der Waals surface area contributed by atoms with Crippen molar-refractivity contribution >= 4 is 21.9 Å². The Bertz CT molecular complexity index is 2110. The topological polar surface area (TPSA) is 105 Å². The normalized spacial score (nSPS) is 11.5. The van der Waals surface area contributed by atoms with E-state index in [2.05, 4.69) is 30.1 Å². The average Bonchev–Trinajstić information content (AvgIpc) is 3.68. The van der Waals surface area contributed by atoms with E-state index >= 15 is 0 Å². The van der Waals surface area contributed by atoms with Gasteiger partial charge in [-0.15, -0.1) is 0 Å². The number of ether oxygens (including phenoxy) is 2. The minimum Gasteiger partial charge on any atom is -0.492 e. The summed E-state index contributed by atoms with van der Waals surface area (Å²) in [5.74, 6) is 0.744. The van der Waals surface area contributed by atoms with Crippen molar-refractivity contribution in [3.63, 3.8) is 0 Å². The minimum atomic E-state index is -0.386. The van der Waals surface area contributed by atoms with Gasteiger partial charge in [0.2, 0.25) is 0 Å². The maximum atomic E-state index is 14.7. The molecule has 0 bridgehead atoms. The molecule has 0 atom stereocenters. The van der Waals surface area contributed by atoms with Crippen molar-refractivity contribution in [2.75, 3.05) is 27.2 Å². The molecule has 0 aliphatic heterocycles. The average molecular weight is 600 g/mol. The first-order valence-corrected chi connectivity index (χ1v) is 14.5. The highest BCUT2D eigenvalue weighted by atomic mass is 19.1. The largest absolute Gasteiger partial charge is 0.492 e. The third-order valence-corrected chi connectivity index (χ3v) is 7.47. The van der Waals surface area contributed by atoms with E-state index in [-0.39, 0.29) is 5.82 Å². The SMILES string of the molecule is CN(C)CCOc1cc(F)cc(-c2nccc3[nH]c(-c4n[nH]c5ncc(-c6cncc(OCc7ccccc7)c6)cc45)cc23)c1. The summed E-state index contributed by atoms with van der Waals surface area (Å²) in [4.78, 5) is 19.1. The van der Waals surface area contributed by atoms with E-state index in [1.54, 1.807) is 24.8 Å². The zero-order valence-corrected chi connectivity index (χ0v) is 24.8. The number of aromatic nitrogens is 6. The third kappa shape index (κ3) is 6.09. The molecular weight excluding hydrogens is 569 g/mol. The molecule has 0 aliphatic carbocycles. The predicted molar refractivity (Wildman–Crippen MR) is 172 cm³/mol. The van der Waals surface area contributed by atoms with Gasteiger partial charge in [0, 0.05) is 64.2 Å². The number of H-pyrrole nitrogens is 2. The highest BCUT2D eigenvalue weighted by Crippen LogP contribution is 2.35. The molecular formula is C35H30FN7O2. The van der Waals surface area contributed by atoms with Crippen molar-refractivity contribution in [3.8, 4) is 45.3 Å². The molecule has 2 N–H and O–H groups in total. The molecule has 0 spiro atoms. The number of hydrogen-bond donors (Lipinski definition) is 2. The monoisotopic (exact) mass is 599 g/mol. The number of halogens is 1. The van der Waals surface area contributed by atoms with Gasteiger partial charge in [-0.3, -0.25) is 15.1 Å². The summed E-state index contributed by atoms with van der Waals surface area (Å²) in [6.45, 7) is 1.62. The Kier molecular flexibility index (Phi) is 7.62. The van der Waals surface area contributed by atoms with E-state index in [4.69, 9.17) is 9.47 Å². The summed E-state index contributed by atoms with van der Waals surface area (Å²) >= 11 is 0. The van der Waals surface area contributed by atoms with Crippen molar-refractivity contribution < 1.29 is 13.9 Å². The molecule has 0 saturated heterocycles. The van der Waals surface area contributed by atoms with Crippen LogP contribution in [-0.4, -0.2) is 62.3 Å². The van der Waals surface area contributed by atoms with Crippen molar-refractivity contribution in [2.24, 2.45) is 0 Å². The lowest BCUT2D eigenvalue weighted by Crippen LogP contribution is -2.19. The fourth-order valence-corrected chi connectivity index (χ4v) is 5.20. The van der Waals surface area contributed by atoms with Gasteiger partial charge in [0.1, 0.15) is 36.2 Å². The van der Waals surface area contributed by atoms with E-state index < -0.39 is 0 Å². The number of likely N-dealkylation sites (N-methyl/N-ethyl adjacent to an activating group) is 1. The van der Waals surface area contributed by atoms with Crippen molar-refractivity contribution in [3.05, 3.63) is 109 Å². The summed E-state index contributed by atoms with van der Waals surface area (Å²) < 4.78 is 26.5. The van der Waals surface area contributed by atoms with Crippen molar-refractivity contribution in [1.29, 1.82) is 0 Å². The molecule has 0 saturated carbocycles. The van der Waals surface area contributed by atoms with Crippen LogP contribution in [0.25, 0.3) is 55.7 Å². The van der Waals surface area contributed by atoms with E-state index in [9.17, 15) is 4.39 Å². The molecule has 224 valence electrons. The minimum absolute atomic E-state index is 0.386. The Balaban J connectivity index is 1.20. The van der Waals surface area contributed by atoms with Crippen molar-refractivity contribution in [2.45, 2.75) is 6.61 Å². The fourth-order valence-electron chi connectivity index (χ4n) is 5.20. The number of hydrogen-bond acceptors (Lipinski definition) is 7. The Morgan fingerprint density at radius 1 is 0.778 bits per heavy atom. The Labute approximate surface area is 258 Å². The van der Waals surface area contributed by atoms with Crippen LogP contribution in [0.3, 0.4) is 0 Å². The summed E-state index contributed by atoms with van der Waals surface area (Å²) in [5.41, 5.74) is 7.09. The van der Waals surface area contributed by atoms with Gasteiger partial charge >= 0.3 is 0 Å². The van der Waals surface area contributed by atoms with Gasteiger partial charge in [0.15, 0.2) is 5.65 Å². The number of pyridine rings is 3. The molecule has 7 aromatic rings. The van der Waals surface area contributed by atoms with Crippen LogP contribution in [0.1, 0.15) is 5.56 Å². The van der Waals surface area contributed by atoms with E-state index in [1.807, 2.05) is 79.7 Å². The zero-order chi connectivity index (χ0) is 30.8. The predicted octanol–water partition coefficient (Wildman–Crippen LogP) is 6.89. The zero-order valence-electron chi connectivity index (χ0n) is 24.8. The van der Waals surface area contributed by atoms with Gasteiger partial charge in [-0.25, -0.2) is 9.37 Å². The number of benzene rings is 2. The summed E-state index contributed by atoms with van der Waals surface area (Å²) in [5, 5.41) is 9.31. The molecule has 0 aliphatic rings. The highest BCUT2D eigenvalue weighted by molar-refractivity contribution is 6.00. The smallest absolute Gasteiger partial charge is 0.155 e. The number of nitrogens with zero attached hydrogens (tertiary/aromatic N) is 5. The van der Waals surface area contributed by atoms with Crippen LogP contribution in [0.4, 0.5) is 4.39 Å². The lowest BCUT2D eigenvalue weighted by Gasteiger charge is -2.12. The Morgan fingerprint density at radius 3 is 2.49 bits per heavy atom. The van der Waals surface area contributed by atoms with Gasteiger partial charge < -0.3 is 19.4 Å². The summed E-state index contributed by atoms with van der Waals surface area (Å²) in [6, 6.07) is 22.6. The van der Waals surface area contributed by atoms with Gasteiger partial charge in [0.25, 0.3) is 0 Å². The van der Waals surface area contributed by atoms with Crippen LogP contribution in [0.15, 0.2) is 97.6 Å². The number of fused-ring (bicyclic) bond motifs is 2. The molecule has 2 aromatic carbocycles. The van der Waals surface area contributed by atoms with Crippen LogP contribution in [0, 0.1) is 5.82 Å². The van der Waals surface area contributed by atoms with Gasteiger partial charge in [0.05, 0.1) is 17.6 Å². The van der Waals surface area contributed by atoms with Crippen LogP contribution in [-0.2, 0) is 6.61 Å². The van der Waals surface area contributed by atoms with Crippen molar-refractivity contribution in [1.82, 2.24) is 35.0 Å². The Hall–Kier alpha value is -5.61. The maximum Gasteiger partial charge on any atom is 0.155 e. The van der Waals surface area contributed by atoms with Gasteiger partial charge in [-0.2, -0.15) is 5.10 Å². The first-order chi connectivity index (χ1) is 22.0. The van der Waals surface area contributed by atoms with E-state index in [1.165, 1.54) is 12.1 Å². The third-order valence-electron chi connectivity index (χ3n) is 7.47. The molecule has 5 heterocycles. The quantitative estimate of drug-likeness (QED) is 0.176. The van der Waals surface area contributed by atoms with Gasteiger partial charge in [-0.05, 0) is 56.1 Å². The molecule has 9 nitrogen and oxygen atoms in total. The molecule has 0 radical (unpaired) electrons. The summed E-state index contributed by atoms with van der Waals surface area (Å²) in [7, 11) is 3.93. The van der Waals surface area contributed by atoms with Crippen LogP contribution >= 0.6 is 0 Å². The summed E-state index contributed by atoms with van der Waals surface area (Å²) in [6.07, 6.45) is 6.99. The first-order valence-electron chi connectivity index (χ1n) is 14.5. The number of rotatable bonds is 10. The highest BCUT2D eigenvalue weighted by Gasteiger charge is 2.17. The first kappa shape index (κ1) is 28.2. The van der Waals surface area contributed by atoms with Crippen LogP contribution in [0.5, 0.6) is 11.5 Å². The molecule has 7 rings (SSSR count). The molecule has 45 heavy (non-hydrogen) atoms. The molecule has 10 heteroatoms. The molecule has 0 amide bonds. The van der Waals surface area contributed by atoms with E-state index in [0.717, 1.165) is 45.2 Å². The molecule has 0 fully saturated rings. The van der Waals surface area contributed by atoms with E-state index in [0.29, 0.717) is 47.3 Å². The second-order valence-electron chi connectivity index (χ2n) is 11.0. The van der Waals surface area contributed by atoms with Gasteiger partial charge in [-0.1, -0.05) is 30.3 Å². The second-order valence-corrected chi connectivity index (χ2v) is 11.0. The fraction of sp³-hybridized carbons (Fsp3) is 0.143. The second kappa shape index (κ2) is 12.2. The van der Waals surface area contributed by atoms with Crippen LogP contribution in [0.2, 0.25) is 0 Å². The standard InChI is InChI=1S/C35H30FN7O2/c1-43(2)10-11-44-27-13-23(12-26(36)16-27)33-29-17-32(40-31(29)8-9-38-33)34-30-15-25(19-39-35(30)42-41-34)24-14-28(20-37-18-24)45-21-22-6-4-3-5-7-22/h3-9,12-20,40H,10-11,21H2,1-2H3,(H,39,41,42). The maximum absolute atomic E-state index is 14.7. The lowest BCUT2D eigenvalue weighted by atomic mass is 10.1. The molecule has 5 aromatic heterocycles. The molecule has 0 unspecified atom stereocenters.